The maximum Gasteiger partial charge on any atom is 0.338 e. The third kappa shape index (κ3) is 7.24. The number of allylic oxidation sites excluding steroid dienone is 1. The van der Waals surface area contributed by atoms with Gasteiger partial charge in [-0.1, -0.05) is 86.5 Å². The van der Waals surface area contributed by atoms with Crippen LogP contribution in [-0.2, 0) is 16.1 Å². The fourth-order valence-corrected chi connectivity index (χ4v) is 6.86. The van der Waals surface area contributed by atoms with Crippen molar-refractivity contribution in [2.24, 2.45) is 4.99 Å². The van der Waals surface area contributed by atoms with Crippen molar-refractivity contribution in [3.05, 3.63) is 124 Å². The molecule has 1 aliphatic heterocycles. The molecule has 0 unspecified atom stereocenters. The number of hydrogen-bond donors (Lipinski definition) is 1. The van der Waals surface area contributed by atoms with E-state index in [9.17, 15) is 19.5 Å². The van der Waals surface area contributed by atoms with Crippen molar-refractivity contribution in [1.29, 1.82) is 0 Å². The molecule has 250 valence electrons. The van der Waals surface area contributed by atoms with E-state index in [1.807, 2.05) is 31.2 Å². The summed E-state index contributed by atoms with van der Waals surface area (Å²) >= 11 is 7.90. The zero-order chi connectivity index (χ0) is 34.5. The van der Waals surface area contributed by atoms with Crippen molar-refractivity contribution in [3.63, 3.8) is 0 Å². The summed E-state index contributed by atoms with van der Waals surface area (Å²) in [6.07, 6.45) is 3.02. The molecule has 0 aliphatic carbocycles. The number of carbonyl (C=O) groups is 2. The highest BCUT2D eigenvalue weighted by atomic mass is 35.5. The van der Waals surface area contributed by atoms with E-state index < -0.39 is 18.0 Å². The number of fused-ring (bicyclic) bond motifs is 1. The fourth-order valence-electron chi connectivity index (χ4n) is 5.56. The molecule has 1 atom stereocenters. The van der Waals surface area contributed by atoms with E-state index >= 15 is 0 Å². The zero-order valence-electron chi connectivity index (χ0n) is 27.4. The number of carboxylic acids is 1. The van der Waals surface area contributed by atoms with Crippen molar-refractivity contribution >= 4 is 41.0 Å². The first-order valence-corrected chi connectivity index (χ1v) is 16.9. The van der Waals surface area contributed by atoms with Crippen LogP contribution in [0.2, 0.25) is 5.02 Å². The summed E-state index contributed by atoms with van der Waals surface area (Å²) in [6, 6.07) is 17.1. The predicted octanol–water partition coefficient (Wildman–Crippen LogP) is 6.64. The molecular weight excluding hydrogens is 652 g/mol. The molecule has 0 saturated carbocycles. The first kappa shape index (κ1) is 34.7. The minimum absolute atomic E-state index is 0.0657. The van der Waals surface area contributed by atoms with Gasteiger partial charge in [0.2, 0.25) is 0 Å². The Kier molecular flexibility index (Phi) is 10.9. The minimum Gasteiger partial charge on any atom is -0.493 e. The summed E-state index contributed by atoms with van der Waals surface area (Å²) in [5.41, 5.74) is 4.01. The Bertz CT molecular complexity index is 2060. The number of rotatable bonds is 12. The quantitative estimate of drug-likeness (QED) is 0.166. The van der Waals surface area contributed by atoms with Gasteiger partial charge in [0, 0.05) is 0 Å². The molecule has 0 amide bonds. The van der Waals surface area contributed by atoms with Crippen LogP contribution in [0.4, 0.5) is 0 Å². The number of carboxylic acid groups (broad SMARTS) is 1. The molecule has 3 aromatic carbocycles. The highest BCUT2D eigenvalue weighted by Gasteiger charge is 2.34. The molecule has 1 N–H and O–H groups in total. The topological polar surface area (TPSA) is 116 Å². The van der Waals surface area contributed by atoms with Gasteiger partial charge in [-0.15, -0.1) is 0 Å². The van der Waals surface area contributed by atoms with Crippen LogP contribution >= 0.6 is 22.9 Å². The Morgan fingerprint density at radius 2 is 1.85 bits per heavy atom. The van der Waals surface area contributed by atoms with Gasteiger partial charge >= 0.3 is 11.9 Å². The Labute approximate surface area is 287 Å². The van der Waals surface area contributed by atoms with Gasteiger partial charge in [0.05, 0.1) is 46.1 Å². The SMILES string of the molecule is CCCC1=C(C(=O)OCC)[C@H](c2ccc(C(C)C)cc2)n2c(s/c(=C/c3cc(Cl)c(OCc4cccc(C(=O)O)c4)c(OC)c3)c2=O)=N1. The molecule has 0 bridgehead atoms. The maximum absolute atomic E-state index is 14.2. The van der Waals surface area contributed by atoms with E-state index in [4.69, 9.17) is 30.8 Å². The number of methoxy groups -OCH3 is 1. The highest BCUT2D eigenvalue weighted by Crippen LogP contribution is 2.37. The molecule has 1 aliphatic rings. The summed E-state index contributed by atoms with van der Waals surface area (Å²) < 4.78 is 19.0. The highest BCUT2D eigenvalue weighted by molar-refractivity contribution is 7.07. The molecule has 48 heavy (non-hydrogen) atoms. The normalized spacial score (nSPS) is 14.5. The number of hydrogen-bond acceptors (Lipinski definition) is 8. The average molecular weight is 689 g/mol. The van der Waals surface area contributed by atoms with Gasteiger partial charge in [-0.25, -0.2) is 14.6 Å². The van der Waals surface area contributed by atoms with Crippen LogP contribution in [0, 0.1) is 0 Å². The number of aromatic nitrogens is 1. The molecule has 2 heterocycles. The van der Waals surface area contributed by atoms with Gasteiger partial charge in [0.25, 0.3) is 5.56 Å². The van der Waals surface area contributed by atoms with Crippen LogP contribution in [0.15, 0.2) is 81.7 Å². The Hall–Kier alpha value is -4.67. The summed E-state index contributed by atoms with van der Waals surface area (Å²) in [5, 5.41) is 9.56. The molecular formula is C37H37ClN2O7S. The molecule has 11 heteroatoms. The Morgan fingerprint density at radius 3 is 2.50 bits per heavy atom. The predicted molar refractivity (Wildman–Crippen MR) is 186 cm³/mol. The number of halogens is 1. The third-order valence-corrected chi connectivity index (χ3v) is 9.18. The summed E-state index contributed by atoms with van der Waals surface area (Å²) in [7, 11) is 1.48. The van der Waals surface area contributed by atoms with Crippen molar-refractivity contribution in [1.82, 2.24) is 4.57 Å². The van der Waals surface area contributed by atoms with Gasteiger partial charge in [-0.2, -0.15) is 0 Å². The average Bonchev–Trinajstić information content (AvgIpc) is 3.37. The lowest BCUT2D eigenvalue weighted by Gasteiger charge is -2.26. The lowest BCUT2D eigenvalue weighted by molar-refractivity contribution is -0.139. The van der Waals surface area contributed by atoms with E-state index in [1.165, 1.54) is 30.6 Å². The van der Waals surface area contributed by atoms with Gasteiger partial charge in [-0.05, 0) is 71.9 Å². The van der Waals surface area contributed by atoms with Crippen molar-refractivity contribution in [2.75, 3.05) is 13.7 Å². The van der Waals surface area contributed by atoms with Crippen LogP contribution in [0.1, 0.15) is 85.1 Å². The van der Waals surface area contributed by atoms with Gasteiger partial charge < -0.3 is 19.3 Å². The van der Waals surface area contributed by atoms with E-state index in [-0.39, 0.29) is 35.1 Å². The number of ether oxygens (including phenoxy) is 3. The van der Waals surface area contributed by atoms with Gasteiger partial charge in [0.15, 0.2) is 16.3 Å². The molecule has 0 radical (unpaired) electrons. The summed E-state index contributed by atoms with van der Waals surface area (Å²) in [4.78, 5) is 44.3. The van der Waals surface area contributed by atoms with Crippen molar-refractivity contribution in [3.8, 4) is 11.5 Å². The fraction of sp³-hybridized carbons (Fsp3) is 0.297. The molecule has 1 aromatic heterocycles. The number of aromatic carboxylic acids is 1. The van der Waals surface area contributed by atoms with Crippen LogP contribution < -0.4 is 24.4 Å². The zero-order valence-corrected chi connectivity index (χ0v) is 29.0. The molecule has 4 aromatic rings. The first-order chi connectivity index (χ1) is 23.1. The molecule has 0 saturated heterocycles. The monoisotopic (exact) mass is 688 g/mol. The molecule has 5 rings (SSSR count). The van der Waals surface area contributed by atoms with Crippen molar-refractivity contribution in [2.45, 2.75) is 59.1 Å². The van der Waals surface area contributed by atoms with Crippen LogP contribution in [0.5, 0.6) is 11.5 Å². The second kappa shape index (κ2) is 15.0. The van der Waals surface area contributed by atoms with Crippen LogP contribution in [0.3, 0.4) is 0 Å². The summed E-state index contributed by atoms with van der Waals surface area (Å²) in [6.45, 7) is 8.26. The second-order valence-corrected chi connectivity index (χ2v) is 13.0. The number of thiazole rings is 1. The number of esters is 1. The lowest BCUT2D eigenvalue weighted by Crippen LogP contribution is -2.40. The van der Waals surface area contributed by atoms with Gasteiger partial charge in [0.1, 0.15) is 6.61 Å². The minimum atomic E-state index is -1.03. The van der Waals surface area contributed by atoms with E-state index in [2.05, 4.69) is 13.8 Å². The van der Waals surface area contributed by atoms with Crippen molar-refractivity contribution < 1.29 is 28.9 Å². The molecule has 0 fully saturated rings. The van der Waals surface area contributed by atoms with Crippen LogP contribution in [-0.4, -0.2) is 35.3 Å². The Balaban J connectivity index is 1.59. The van der Waals surface area contributed by atoms with Gasteiger partial charge in [-0.3, -0.25) is 9.36 Å². The van der Waals surface area contributed by atoms with E-state index in [0.717, 1.165) is 17.5 Å². The maximum atomic E-state index is 14.2. The van der Waals surface area contributed by atoms with E-state index in [1.54, 1.807) is 41.8 Å². The number of nitrogens with zero attached hydrogens (tertiary/aromatic N) is 2. The molecule has 0 spiro atoms. The summed E-state index contributed by atoms with van der Waals surface area (Å²) in [5.74, 6) is -0.573. The third-order valence-electron chi connectivity index (χ3n) is 7.92. The smallest absolute Gasteiger partial charge is 0.338 e. The Morgan fingerprint density at radius 1 is 1.10 bits per heavy atom. The van der Waals surface area contributed by atoms with Crippen LogP contribution in [0.25, 0.3) is 6.08 Å². The lowest BCUT2D eigenvalue weighted by atomic mass is 9.92. The second-order valence-electron chi connectivity index (χ2n) is 11.6. The van der Waals surface area contributed by atoms with E-state index in [0.29, 0.717) is 49.8 Å². The molecule has 9 nitrogen and oxygen atoms in total. The number of carbonyl (C=O) groups excluding carboxylic acids is 1. The number of benzene rings is 3. The first-order valence-electron chi connectivity index (χ1n) is 15.7. The standard InChI is InChI=1S/C37H37ClN2O7S/c1-6-9-28-31(36(44)46-7-2)32(25-14-12-24(13-15-25)21(3)4)40-34(41)30(48-37(40)39-28)19-23-17-27(38)33(29(18-23)45-5)47-20-22-10-8-11-26(16-22)35(42)43/h8,10-19,21,32H,6-7,9,20H2,1-5H3,(H,42,43)/b30-19+/t32-/m0/s1. The largest absolute Gasteiger partial charge is 0.493 e.